The number of rotatable bonds is 6. The van der Waals surface area contributed by atoms with Crippen molar-refractivity contribution in [3.8, 4) is 5.75 Å². The fraction of sp³-hybridized carbons (Fsp3) is 0.312. The summed E-state index contributed by atoms with van der Waals surface area (Å²) in [6.07, 6.45) is 3.26. The van der Waals surface area contributed by atoms with Gasteiger partial charge in [-0.2, -0.15) is 0 Å². The molecule has 0 atom stereocenters. The number of nitrogens with one attached hydrogen (secondary N) is 1. The van der Waals surface area contributed by atoms with E-state index in [-0.39, 0.29) is 0 Å². The van der Waals surface area contributed by atoms with E-state index < -0.39 is 0 Å². The molecular weight excluding hydrogens is 272 g/mol. The molecule has 0 amide bonds. The monoisotopic (exact) mass is 290 g/mol. The number of halogens is 1. The van der Waals surface area contributed by atoms with Crippen molar-refractivity contribution in [1.29, 1.82) is 0 Å². The van der Waals surface area contributed by atoms with E-state index in [0.29, 0.717) is 23.4 Å². The number of ether oxygens (including phenoxy) is 1. The second-order valence-corrected chi connectivity index (χ2v) is 5.37. The van der Waals surface area contributed by atoms with E-state index in [9.17, 15) is 0 Å². The molecule has 0 saturated carbocycles. The van der Waals surface area contributed by atoms with Gasteiger partial charge in [-0.1, -0.05) is 49.7 Å². The van der Waals surface area contributed by atoms with Crippen molar-refractivity contribution >= 4 is 11.6 Å². The summed E-state index contributed by atoms with van der Waals surface area (Å²) in [5.74, 6) is 0.684. The Labute approximate surface area is 124 Å². The summed E-state index contributed by atoms with van der Waals surface area (Å²) in [6.45, 7) is 5.62. The standard InChI is InChI=1S/C16H19ClN2O/c1-12(2)19-8-13-5-3-4-6-14(13)11-20-16-7-15(17)9-18-10-16/h3-7,9-10,12,19H,8,11H2,1-2H3. The first-order valence-corrected chi connectivity index (χ1v) is 7.06. The summed E-state index contributed by atoms with van der Waals surface area (Å²) < 4.78 is 5.75. The molecule has 4 heteroatoms. The Hall–Kier alpha value is -1.58. The molecule has 1 aromatic carbocycles. The summed E-state index contributed by atoms with van der Waals surface area (Å²) in [5.41, 5.74) is 2.41. The second-order valence-electron chi connectivity index (χ2n) is 4.93. The van der Waals surface area contributed by atoms with Gasteiger partial charge in [-0.25, -0.2) is 0 Å². The Morgan fingerprint density at radius 2 is 1.95 bits per heavy atom. The third-order valence-corrected chi connectivity index (χ3v) is 3.10. The van der Waals surface area contributed by atoms with E-state index >= 15 is 0 Å². The SMILES string of the molecule is CC(C)NCc1ccccc1COc1cncc(Cl)c1. The lowest BCUT2D eigenvalue weighted by Gasteiger charge is -2.13. The van der Waals surface area contributed by atoms with Crippen molar-refractivity contribution < 1.29 is 4.74 Å². The van der Waals surface area contributed by atoms with Gasteiger partial charge in [0.25, 0.3) is 0 Å². The average molecular weight is 291 g/mol. The van der Waals surface area contributed by atoms with Gasteiger partial charge in [0.05, 0.1) is 11.2 Å². The lowest BCUT2D eigenvalue weighted by atomic mass is 10.1. The molecule has 0 aliphatic carbocycles. The molecule has 2 aromatic rings. The predicted molar refractivity (Wildman–Crippen MR) is 82.0 cm³/mol. The third-order valence-electron chi connectivity index (χ3n) is 2.89. The normalized spacial score (nSPS) is 10.8. The van der Waals surface area contributed by atoms with Crippen LogP contribution in [0.15, 0.2) is 42.7 Å². The van der Waals surface area contributed by atoms with Gasteiger partial charge >= 0.3 is 0 Å². The molecule has 0 saturated heterocycles. The molecule has 20 heavy (non-hydrogen) atoms. The van der Waals surface area contributed by atoms with Crippen molar-refractivity contribution in [2.45, 2.75) is 33.0 Å². The molecule has 3 nitrogen and oxygen atoms in total. The number of aromatic nitrogens is 1. The maximum absolute atomic E-state index is 5.89. The van der Waals surface area contributed by atoms with Crippen LogP contribution >= 0.6 is 11.6 Å². The minimum absolute atomic E-state index is 0.459. The van der Waals surface area contributed by atoms with E-state index in [0.717, 1.165) is 6.54 Å². The summed E-state index contributed by atoms with van der Waals surface area (Å²) in [7, 11) is 0. The van der Waals surface area contributed by atoms with Crippen molar-refractivity contribution in [2.24, 2.45) is 0 Å². The Morgan fingerprint density at radius 3 is 2.65 bits per heavy atom. The van der Waals surface area contributed by atoms with Crippen molar-refractivity contribution in [2.75, 3.05) is 0 Å². The van der Waals surface area contributed by atoms with Crippen LogP contribution in [0, 0.1) is 0 Å². The highest BCUT2D eigenvalue weighted by molar-refractivity contribution is 6.30. The Balaban J connectivity index is 2.02. The minimum Gasteiger partial charge on any atom is -0.487 e. The molecule has 1 aromatic heterocycles. The van der Waals surface area contributed by atoms with Gasteiger partial charge in [-0.3, -0.25) is 4.98 Å². The maximum atomic E-state index is 5.89. The van der Waals surface area contributed by atoms with Crippen LogP contribution in [0.5, 0.6) is 5.75 Å². The smallest absolute Gasteiger partial charge is 0.139 e. The van der Waals surface area contributed by atoms with E-state index in [1.807, 2.05) is 12.1 Å². The van der Waals surface area contributed by atoms with E-state index in [1.165, 1.54) is 11.1 Å². The lowest BCUT2D eigenvalue weighted by molar-refractivity contribution is 0.303. The second kappa shape index (κ2) is 7.27. The molecule has 2 rings (SSSR count). The maximum Gasteiger partial charge on any atom is 0.139 e. The van der Waals surface area contributed by atoms with Crippen LogP contribution in [0.1, 0.15) is 25.0 Å². The summed E-state index contributed by atoms with van der Waals surface area (Å²) in [6, 6.07) is 10.5. The Morgan fingerprint density at radius 1 is 1.20 bits per heavy atom. The van der Waals surface area contributed by atoms with Crippen molar-refractivity contribution in [1.82, 2.24) is 10.3 Å². The van der Waals surface area contributed by atoms with E-state index in [2.05, 4.69) is 36.3 Å². The topological polar surface area (TPSA) is 34.1 Å². The van der Waals surface area contributed by atoms with Gasteiger partial charge < -0.3 is 10.1 Å². The van der Waals surface area contributed by atoms with Crippen LogP contribution in [0.4, 0.5) is 0 Å². The summed E-state index contributed by atoms with van der Waals surface area (Å²) >= 11 is 5.89. The zero-order valence-electron chi connectivity index (χ0n) is 11.8. The highest BCUT2D eigenvalue weighted by Gasteiger charge is 2.04. The van der Waals surface area contributed by atoms with Crippen LogP contribution in [0.25, 0.3) is 0 Å². The largest absolute Gasteiger partial charge is 0.487 e. The molecule has 0 aliphatic heterocycles. The zero-order valence-corrected chi connectivity index (χ0v) is 12.5. The summed E-state index contributed by atoms with van der Waals surface area (Å²) in [5, 5.41) is 4.00. The molecule has 106 valence electrons. The highest BCUT2D eigenvalue weighted by atomic mass is 35.5. The first kappa shape index (κ1) is 14.8. The average Bonchev–Trinajstić information content (AvgIpc) is 2.44. The van der Waals surface area contributed by atoms with Crippen LogP contribution in [0.3, 0.4) is 0 Å². The van der Waals surface area contributed by atoms with Gasteiger partial charge in [0.15, 0.2) is 0 Å². The molecule has 0 aliphatic rings. The molecular formula is C16H19ClN2O. The number of hydrogen-bond donors (Lipinski definition) is 1. The molecule has 1 N–H and O–H groups in total. The lowest BCUT2D eigenvalue weighted by Crippen LogP contribution is -2.22. The number of benzene rings is 1. The molecule has 0 radical (unpaired) electrons. The highest BCUT2D eigenvalue weighted by Crippen LogP contribution is 2.18. The number of hydrogen-bond acceptors (Lipinski definition) is 3. The molecule has 0 bridgehead atoms. The quantitative estimate of drug-likeness (QED) is 0.878. The molecule has 0 spiro atoms. The van der Waals surface area contributed by atoms with Gasteiger partial charge in [0, 0.05) is 24.8 Å². The van der Waals surface area contributed by atoms with Crippen LogP contribution in [0.2, 0.25) is 5.02 Å². The zero-order chi connectivity index (χ0) is 14.4. The van der Waals surface area contributed by atoms with E-state index in [4.69, 9.17) is 16.3 Å². The van der Waals surface area contributed by atoms with Crippen molar-refractivity contribution in [3.63, 3.8) is 0 Å². The van der Waals surface area contributed by atoms with Gasteiger partial charge in [0.2, 0.25) is 0 Å². The number of pyridine rings is 1. The minimum atomic E-state index is 0.459. The van der Waals surface area contributed by atoms with Gasteiger partial charge in [-0.05, 0) is 11.1 Å². The Bertz CT molecular complexity index is 558. The van der Waals surface area contributed by atoms with Crippen LogP contribution in [-0.4, -0.2) is 11.0 Å². The first-order valence-electron chi connectivity index (χ1n) is 6.68. The molecule has 0 unspecified atom stereocenters. The van der Waals surface area contributed by atoms with Crippen molar-refractivity contribution in [3.05, 3.63) is 58.9 Å². The third kappa shape index (κ3) is 4.51. The van der Waals surface area contributed by atoms with Gasteiger partial charge in [-0.15, -0.1) is 0 Å². The van der Waals surface area contributed by atoms with Gasteiger partial charge in [0.1, 0.15) is 12.4 Å². The molecule has 0 fully saturated rings. The fourth-order valence-electron chi connectivity index (χ4n) is 1.82. The Kier molecular flexibility index (Phi) is 5.39. The predicted octanol–water partition coefficient (Wildman–Crippen LogP) is 3.81. The van der Waals surface area contributed by atoms with E-state index in [1.54, 1.807) is 18.5 Å². The fourth-order valence-corrected chi connectivity index (χ4v) is 1.98. The first-order chi connectivity index (χ1) is 9.65. The molecule has 1 heterocycles. The summed E-state index contributed by atoms with van der Waals surface area (Å²) in [4.78, 5) is 4.01. The van der Waals surface area contributed by atoms with Crippen LogP contribution in [-0.2, 0) is 13.2 Å². The van der Waals surface area contributed by atoms with Crippen LogP contribution < -0.4 is 10.1 Å². The number of nitrogens with zero attached hydrogens (tertiary/aromatic N) is 1.